The van der Waals surface area contributed by atoms with E-state index in [4.69, 9.17) is 5.73 Å². The first-order valence-electron chi connectivity index (χ1n) is 4.76. The van der Waals surface area contributed by atoms with Crippen LogP contribution in [0.2, 0.25) is 0 Å². The molecule has 0 aliphatic carbocycles. The molecule has 0 amide bonds. The van der Waals surface area contributed by atoms with E-state index in [0.717, 1.165) is 4.21 Å². The fraction of sp³-hybridized carbons (Fsp3) is 0.0909. The number of anilines is 1. The molecule has 0 unspecified atom stereocenters. The maximum Gasteiger partial charge on any atom is 0.340 e. The summed E-state index contributed by atoms with van der Waals surface area (Å²) in [6, 6.07) is 5.48. The third-order valence-electron chi connectivity index (χ3n) is 2.05. The first kappa shape index (κ1) is 11.9. The molecule has 0 aliphatic rings. The molecule has 0 atom stereocenters. The number of carbonyl (C=O) groups is 1. The maximum atomic E-state index is 11.5. The standard InChI is InChI=1S/C11H10N2O2S2/c1-15-11(14)7-4-5-13-10(9(7)12)17-8-3-2-6-16-8/h2-6H,12H2,1H3. The molecule has 0 saturated carbocycles. The Morgan fingerprint density at radius 2 is 2.35 bits per heavy atom. The molecule has 2 heterocycles. The Morgan fingerprint density at radius 1 is 1.53 bits per heavy atom. The lowest BCUT2D eigenvalue weighted by Crippen LogP contribution is -2.07. The zero-order chi connectivity index (χ0) is 12.3. The van der Waals surface area contributed by atoms with Gasteiger partial charge in [-0.25, -0.2) is 9.78 Å². The van der Waals surface area contributed by atoms with Crippen molar-refractivity contribution >= 4 is 34.8 Å². The number of carbonyl (C=O) groups excluding carboxylic acids is 1. The van der Waals surface area contributed by atoms with Crippen LogP contribution >= 0.6 is 23.1 Å². The lowest BCUT2D eigenvalue weighted by molar-refractivity contribution is 0.0601. The van der Waals surface area contributed by atoms with Crippen LogP contribution in [0.1, 0.15) is 10.4 Å². The minimum absolute atomic E-state index is 0.349. The van der Waals surface area contributed by atoms with Crippen LogP contribution in [0, 0.1) is 0 Å². The van der Waals surface area contributed by atoms with Crippen LogP contribution in [0.25, 0.3) is 0 Å². The van der Waals surface area contributed by atoms with Crippen molar-refractivity contribution in [3.05, 3.63) is 35.3 Å². The molecule has 2 aromatic rings. The zero-order valence-corrected chi connectivity index (χ0v) is 10.7. The number of nitrogen functional groups attached to an aromatic ring is 1. The largest absolute Gasteiger partial charge is 0.465 e. The van der Waals surface area contributed by atoms with E-state index < -0.39 is 5.97 Å². The maximum absolute atomic E-state index is 11.5. The number of hydrogen-bond donors (Lipinski definition) is 1. The Kier molecular flexibility index (Phi) is 3.65. The number of pyridine rings is 1. The van der Waals surface area contributed by atoms with Gasteiger partial charge < -0.3 is 10.5 Å². The average molecular weight is 266 g/mol. The minimum atomic E-state index is -0.446. The Bertz CT molecular complexity index is 526. The van der Waals surface area contributed by atoms with Crippen molar-refractivity contribution < 1.29 is 9.53 Å². The van der Waals surface area contributed by atoms with E-state index >= 15 is 0 Å². The summed E-state index contributed by atoms with van der Waals surface area (Å²) in [6.45, 7) is 0. The number of thiophene rings is 1. The predicted octanol–water partition coefficient (Wildman–Crippen LogP) is 2.66. The lowest BCUT2D eigenvalue weighted by Gasteiger charge is -2.06. The number of rotatable bonds is 3. The third kappa shape index (κ3) is 2.59. The van der Waals surface area contributed by atoms with Crippen LogP contribution in [-0.2, 0) is 4.74 Å². The second kappa shape index (κ2) is 5.20. The summed E-state index contributed by atoms with van der Waals surface area (Å²) < 4.78 is 5.73. The fourth-order valence-corrected chi connectivity index (χ4v) is 2.96. The van der Waals surface area contributed by atoms with Gasteiger partial charge >= 0.3 is 5.97 Å². The van der Waals surface area contributed by atoms with Crippen molar-refractivity contribution in [1.29, 1.82) is 0 Å². The normalized spacial score (nSPS) is 10.2. The Hall–Kier alpha value is -1.53. The molecule has 0 radical (unpaired) electrons. The molecule has 0 aliphatic heterocycles. The van der Waals surface area contributed by atoms with Gasteiger partial charge in [0.05, 0.1) is 22.6 Å². The predicted molar refractivity (Wildman–Crippen MR) is 68.4 cm³/mol. The topological polar surface area (TPSA) is 65.2 Å². The van der Waals surface area contributed by atoms with E-state index in [-0.39, 0.29) is 0 Å². The molecular formula is C11H10N2O2S2. The summed E-state index contributed by atoms with van der Waals surface area (Å²) in [5, 5.41) is 2.60. The van der Waals surface area contributed by atoms with Gasteiger partial charge in [0, 0.05) is 6.20 Å². The monoisotopic (exact) mass is 266 g/mol. The highest BCUT2D eigenvalue weighted by Crippen LogP contribution is 2.34. The number of esters is 1. The van der Waals surface area contributed by atoms with Gasteiger partial charge in [0.2, 0.25) is 0 Å². The Balaban J connectivity index is 2.32. The van der Waals surface area contributed by atoms with Gasteiger partial charge in [-0.05, 0) is 17.5 Å². The van der Waals surface area contributed by atoms with E-state index in [1.165, 1.54) is 18.9 Å². The molecule has 2 N–H and O–H groups in total. The highest BCUT2D eigenvalue weighted by Gasteiger charge is 2.14. The molecule has 0 saturated heterocycles. The molecule has 2 rings (SSSR count). The van der Waals surface area contributed by atoms with Crippen molar-refractivity contribution in [1.82, 2.24) is 4.98 Å². The van der Waals surface area contributed by atoms with Crippen LogP contribution in [0.5, 0.6) is 0 Å². The average Bonchev–Trinajstić information content (AvgIpc) is 2.84. The van der Waals surface area contributed by atoms with E-state index in [0.29, 0.717) is 16.3 Å². The number of nitrogens with two attached hydrogens (primary N) is 1. The molecule has 88 valence electrons. The summed E-state index contributed by atoms with van der Waals surface area (Å²) in [5.41, 5.74) is 6.60. The van der Waals surface area contributed by atoms with Crippen LogP contribution in [-0.4, -0.2) is 18.1 Å². The highest BCUT2D eigenvalue weighted by molar-refractivity contribution is 8.01. The highest BCUT2D eigenvalue weighted by atomic mass is 32.2. The quantitative estimate of drug-likeness (QED) is 0.865. The SMILES string of the molecule is COC(=O)c1ccnc(Sc2cccs2)c1N. The second-order valence-electron chi connectivity index (χ2n) is 3.10. The van der Waals surface area contributed by atoms with Crippen molar-refractivity contribution in [3.8, 4) is 0 Å². The summed E-state index contributed by atoms with van der Waals surface area (Å²) in [4.78, 5) is 15.6. The molecule has 2 aromatic heterocycles. The van der Waals surface area contributed by atoms with Crippen molar-refractivity contribution in [3.63, 3.8) is 0 Å². The molecule has 4 nitrogen and oxygen atoms in total. The number of nitrogens with zero attached hydrogens (tertiary/aromatic N) is 1. The Labute approximate surface area is 107 Å². The molecule has 0 fully saturated rings. The van der Waals surface area contributed by atoms with Gasteiger partial charge in [-0.3, -0.25) is 0 Å². The lowest BCUT2D eigenvalue weighted by atomic mass is 10.2. The third-order valence-corrected chi connectivity index (χ3v) is 4.11. The summed E-state index contributed by atoms with van der Waals surface area (Å²) >= 11 is 3.04. The van der Waals surface area contributed by atoms with Crippen molar-refractivity contribution in [2.24, 2.45) is 0 Å². The minimum Gasteiger partial charge on any atom is -0.465 e. The zero-order valence-electron chi connectivity index (χ0n) is 9.04. The Morgan fingerprint density at radius 3 is 3.00 bits per heavy atom. The second-order valence-corrected chi connectivity index (χ2v) is 5.34. The van der Waals surface area contributed by atoms with Gasteiger partial charge in [0.1, 0.15) is 5.03 Å². The smallest absolute Gasteiger partial charge is 0.340 e. The van der Waals surface area contributed by atoms with E-state index in [1.54, 1.807) is 23.6 Å². The van der Waals surface area contributed by atoms with Gasteiger partial charge in [-0.15, -0.1) is 11.3 Å². The molecule has 0 aromatic carbocycles. The van der Waals surface area contributed by atoms with Crippen LogP contribution in [0.15, 0.2) is 39.0 Å². The number of ether oxygens (including phenoxy) is 1. The first-order chi connectivity index (χ1) is 8.22. The van der Waals surface area contributed by atoms with E-state index in [9.17, 15) is 4.79 Å². The van der Waals surface area contributed by atoms with Crippen LogP contribution in [0.4, 0.5) is 5.69 Å². The van der Waals surface area contributed by atoms with E-state index in [1.807, 2.05) is 17.5 Å². The van der Waals surface area contributed by atoms with Crippen LogP contribution in [0.3, 0.4) is 0 Å². The molecule has 6 heteroatoms. The van der Waals surface area contributed by atoms with Gasteiger partial charge in [-0.2, -0.15) is 0 Å². The summed E-state index contributed by atoms with van der Waals surface area (Å²) in [5.74, 6) is -0.446. The van der Waals surface area contributed by atoms with Crippen molar-refractivity contribution in [2.75, 3.05) is 12.8 Å². The number of aromatic nitrogens is 1. The van der Waals surface area contributed by atoms with Gasteiger partial charge in [0.15, 0.2) is 0 Å². The molecule has 17 heavy (non-hydrogen) atoms. The van der Waals surface area contributed by atoms with Crippen LogP contribution < -0.4 is 5.73 Å². The molecular weight excluding hydrogens is 256 g/mol. The van der Waals surface area contributed by atoms with Gasteiger partial charge in [-0.1, -0.05) is 17.8 Å². The summed E-state index contributed by atoms with van der Waals surface area (Å²) in [6.07, 6.45) is 1.55. The molecule has 0 spiro atoms. The fourth-order valence-electron chi connectivity index (χ4n) is 1.24. The van der Waals surface area contributed by atoms with E-state index in [2.05, 4.69) is 9.72 Å². The number of methoxy groups -OCH3 is 1. The number of hydrogen-bond acceptors (Lipinski definition) is 6. The summed E-state index contributed by atoms with van der Waals surface area (Å²) in [7, 11) is 1.33. The van der Waals surface area contributed by atoms with Crippen molar-refractivity contribution in [2.45, 2.75) is 9.24 Å². The first-order valence-corrected chi connectivity index (χ1v) is 6.46. The van der Waals surface area contributed by atoms with Gasteiger partial charge in [0.25, 0.3) is 0 Å². The molecule has 0 bridgehead atoms.